The lowest BCUT2D eigenvalue weighted by atomic mass is 10.1. The van der Waals surface area contributed by atoms with Crippen molar-refractivity contribution in [3.05, 3.63) is 17.0 Å². The van der Waals surface area contributed by atoms with Gasteiger partial charge in [0.25, 0.3) is 5.91 Å². The number of fused-ring (bicyclic) bond motifs is 1. The van der Waals surface area contributed by atoms with E-state index in [1.807, 2.05) is 11.6 Å². The Morgan fingerprint density at radius 2 is 2.00 bits per heavy atom. The van der Waals surface area contributed by atoms with Crippen molar-refractivity contribution in [2.75, 3.05) is 20.6 Å². The van der Waals surface area contributed by atoms with E-state index >= 15 is 0 Å². The van der Waals surface area contributed by atoms with Crippen LogP contribution in [0.25, 0.3) is 0 Å². The zero-order chi connectivity index (χ0) is 14.2. The van der Waals surface area contributed by atoms with E-state index in [1.54, 1.807) is 19.0 Å². The Morgan fingerprint density at radius 1 is 1.32 bits per heavy atom. The van der Waals surface area contributed by atoms with Gasteiger partial charge in [0, 0.05) is 45.3 Å². The van der Waals surface area contributed by atoms with Gasteiger partial charge in [0.05, 0.1) is 5.69 Å². The molecule has 19 heavy (non-hydrogen) atoms. The van der Waals surface area contributed by atoms with Gasteiger partial charge in [0.1, 0.15) is 0 Å². The quantitative estimate of drug-likeness (QED) is 0.813. The number of carbonyl (C=O) groups is 1. The summed E-state index contributed by atoms with van der Waals surface area (Å²) in [7, 11) is 3.54. The van der Waals surface area contributed by atoms with Crippen LogP contribution >= 0.6 is 0 Å². The van der Waals surface area contributed by atoms with Crippen LogP contribution in [0.3, 0.4) is 0 Å². The van der Waals surface area contributed by atoms with Crippen LogP contribution < -0.4 is 0 Å². The summed E-state index contributed by atoms with van der Waals surface area (Å²) in [4.78, 5) is 16.2. The van der Waals surface area contributed by atoms with Gasteiger partial charge in [-0.2, -0.15) is 5.10 Å². The summed E-state index contributed by atoms with van der Waals surface area (Å²) in [5.41, 5.74) is 2.83. The van der Waals surface area contributed by atoms with E-state index in [2.05, 4.69) is 23.8 Å². The molecule has 0 N–H and O–H groups in total. The fourth-order valence-corrected chi connectivity index (χ4v) is 2.52. The van der Waals surface area contributed by atoms with Gasteiger partial charge in [-0.15, -0.1) is 0 Å². The van der Waals surface area contributed by atoms with Gasteiger partial charge in [-0.3, -0.25) is 14.4 Å². The summed E-state index contributed by atoms with van der Waals surface area (Å²) in [6.45, 7) is 9.33. The molecule has 0 fully saturated rings. The first-order valence-corrected chi connectivity index (χ1v) is 6.93. The first-order chi connectivity index (χ1) is 8.91. The first-order valence-electron chi connectivity index (χ1n) is 6.93. The van der Waals surface area contributed by atoms with Crippen molar-refractivity contribution in [3.63, 3.8) is 0 Å². The van der Waals surface area contributed by atoms with E-state index in [0.717, 1.165) is 31.6 Å². The molecule has 0 aliphatic carbocycles. The van der Waals surface area contributed by atoms with Crippen molar-refractivity contribution in [2.45, 2.75) is 46.3 Å². The lowest BCUT2D eigenvalue weighted by Crippen LogP contribution is -2.30. The van der Waals surface area contributed by atoms with Crippen molar-refractivity contribution in [1.82, 2.24) is 19.6 Å². The minimum absolute atomic E-state index is 0.00540. The third-order valence-corrected chi connectivity index (χ3v) is 3.83. The van der Waals surface area contributed by atoms with Crippen molar-refractivity contribution in [3.8, 4) is 0 Å². The van der Waals surface area contributed by atoms with E-state index in [-0.39, 0.29) is 5.91 Å². The standard InChI is InChI=1S/C14H24N4O/c1-10(2)17-7-6-8-18-12(9-17)11(3)13(15-18)14(19)16(4)5/h10H,6-9H2,1-5H3. The average Bonchev–Trinajstić information content (AvgIpc) is 2.54. The highest BCUT2D eigenvalue weighted by Crippen LogP contribution is 2.21. The topological polar surface area (TPSA) is 41.4 Å². The van der Waals surface area contributed by atoms with E-state index < -0.39 is 0 Å². The molecule has 5 nitrogen and oxygen atoms in total. The predicted molar refractivity (Wildman–Crippen MR) is 75.1 cm³/mol. The van der Waals surface area contributed by atoms with Crippen LogP contribution in [0.4, 0.5) is 0 Å². The molecule has 106 valence electrons. The van der Waals surface area contributed by atoms with Crippen LogP contribution in [0.2, 0.25) is 0 Å². The number of hydrogen-bond acceptors (Lipinski definition) is 3. The maximum absolute atomic E-state index is 12.1. The van der Waals surface area contributed by atoms with Crippen LogP contribution in [-0.2, 0) is 13.1 Å². The summed E-state index contributed by atoms with van der Waals surface area (Å²) in [6.07, 6.45) is 1.09. The molecule has 0 spiro atoms. The Labute approximate surface area is 115 Å². The van der Waals surface area contributed by atoms with Crippen molar-refractivity contribution >= 4 is 5.91 Å². The summed E-state index contributed by atoms with van der Waals surface area (Å²) in [5, 5.41) is 4.52. The first kappa shape index (κ1) is 14.1. The average molecular weight is 264 g/mol. The molecule has 5 heteroatoms. The van der Waals surface area contributed by atoms with E-state index in [0.29, 0.717) is 11.7 Å². The van der Waals surface area contributed by atoms with E-state index in [4.69, 9.17) is 0 Å². The second-order valence-electron chi connectivity index (χ2n) is 5.76. The van der Waals surface area contributed by atoms with E-state index in [9.17, 15) is 4.79 Å². The molecule has 0 unspecified atom stereocenters. The normalized spacial score (nSPS) is 16.3. The highest BCUT2D eigenvalue weighted by Gasteiger charge is 2.25. The molecule has 0 aromatic carbocycles. The van der Waals surface area contributed by atoms with Gasteiger partial charge in [0.2, 0.25) is 0 Å². The Morgan fingerprint density at radius 3 is 2.58 bits per heavy atom. The Balaban J connectivity index is 2.36. The molecule has 1 amide bonds. The molecular formula is C14H24N4O. The summed E-state index contributed by atoms with van der Waals surface area (Å²) in [6, 6.07) is 0.522. The van der Waals surface area contributed by atoms with Gasteiger partial charge in [-0.05, 0) is 27.2 Å². The molecule has 1 aliphatic heterocycles. The van der Waals surface area contributed by atoms with Crippen LogP contribution in [0.5, 0.6) is 0 Å². The number of carbonyl (C=O) groups excluding carboxylic acids is 1. The molecule has 2 heterocycles. The maximum atomic E-state index is 12.1. The third-order valence-electron chi connectivity index (χ3n) is 3.83. The van der Waals surface area contributed by atoms with Crippen LogP contribution in [0.1, 0.15) is 42.0 Å². The number of amides is 1. The summed E-state index contributed by atoms with van der Waals surface area (Å²) >= 11 is 0. The molecule has 0 radical (unpaired) electrons. The van der Waals surface area contributed by atoms with Crippen molar-refractivity contribution < 1.29 is 4.79 Å². The minimum atomic E-state index is -0.00540. The molecular weight excluding hydrogens is 240 g/mol. The largest absolute Gasteiger partial charge is 0.343 e. The van der Waals surface area contributed by atoms with Crippen LogP contribution in [-0.4, -0.2) is 52.2 Å². The maximum Gasteiger partial charge on any atom is 0.274 e. The second kappa shape index (κ2) is 5.33. The molecule has 0 atom stereocenters. The minimum Gasteiger partial charge on any atom is -0.343 e. The molecule has 1 aromatic heterocycles. The van der Waals surface area contributed by atoms with Gasteiger partial charge < -0.3 is 4.90 Å². The highest BCUT2D eigenvalue weighted by atomic mass is 16.2. The number of hydrogen-bond donors (Lipinski definition) is 0. The van der Waals surface area contributed by atoms with Gasteiger partial charge in [0.15, 0.2) is 5.69 Å². The molecule has 1 aromatic rings. The summed E-state index contributed by atoms with van der Waals surface area (Å²) in [5.74, 6) is -0.00540. The lowest BCUT2D eigenvalue weighted by Gasteiger charge is -2.24. The summed E-state index contributed by atoms with van der Waals surface area (Å²) < 4.78 is 2.02. The Bertz CT molecular complexity index is 476. The van der Waals surface area contributed by atoms with Crippen LogP contribution in [0, 0.1) is 6.92 Å². The predicted octanol–water partition coefficient (Wildman–Crippen LogP) is 1.51. The third kappa shape index (κ3) is 2.66. The molecule has 0 saturated carbocycles. The van der Waals surface area contributed by atoms with Crippen molar-refractivity contribution in [1.29, 1.82) is 0 Å². The lowest BCUT2D eigenvalue weighted by molar-refractivity contribution is 0.0820. The molecule has 1 aliphatic rings. The fourth-order valence-electron chi connectivity index (χ4n) is 2.52. The van der Waals surface area contributed by atoms with Crippen LogP contribution in [0.15, 0.2) is 0 Å². The van der Waals surface area contributed by atoms with Crippen molar-refractivity contribution in [2.24, 2.45) is 0 Å². The number of aromatic nitrogens is 2. The number of aryl methyl sites for hydroxylation is 1. The second-order valence-corrected chi connectivity index (χ2v) is 5.76. The monoisotopic (exact) mass is 264 g/mol. The van der Waals surface area contributed by atoms with Gasteiger partial charge in [-0.1, -0.05) is 0 Å². The van der Waals surface area contributed by atoms with Gasteiger partial charge >= 0.3 is 0 Å². The smallest absolute Gasteiger partial charge is 0.274 e. The molecule has 2 rings (SSSR count). The Hall–Kier alpha value is -1.36. The SMILES string of the molecule is Cc1c(C(=O)N(C)C)nn2c1CN(C(C)C)CCC2. The zero-order valence-corrected chi connectivity index (χ0v) is 12.6. The van der Waals surface area contributed by atoms with Gasteiger partial charge in [-0.25, -0.2) is 0 Å². The number of rotatable bonds is 2. The molecule has 0 bridgehead atoms. The Kier molecular flexibility index (Phi) is 3.94. The fraction of sp³-hybridized carbons (Fsp3) is 0.714. The highest BCUT2D eigenvalue weighted by molar-refractivity contribution is 5.93. The zero-order valence-electron chi connectivity index (χ0n) is 12.6. The molecule has 0 saturated heterocycles. The number of nitrogens with zero attached hydrogens (tertiary/aromatic N) is 4. The van der Waals surface area contributed by atoms with E-state index in [1.165, 1.54) is 5.69 Å².